The molecule has 1 saturated heterocycles. The van der Waals surface area contributed by atoms with Crippen molar-refractivity contribution in [3.8, 4) is 0 Å². The fourth-order valence-electron chi connectivity index (χ4n) is 2.88. The highest BCUT2D eigenvalue weighted by atomic mass is 35.5. The zero-order valence-corrected chi connectivity index (χ0v) is 13.8. The number of hydrogen-bond donors (Lipinski definition) is 1. The molecule has 1 N–H and O–H groups in total. The first-order valence-corrected chi connectivity index (χ1v) is 8.48. The van der Waals surface area contributed by atoms with Gasteiger partial charge in [0.2, 0.25) is 11.8 Å². The Morgan fingerprint density at radius 1 is 1.41 bits per heavy atom. The lowest BCUT2D eigenvalue weighted by Gasteiger charge is -2.22. The Bertz CT molecular complexity index is 728. The number of amides is 2. The third kappa shape index (κ3) is 2.83. The van der Waals surface area contributed by atoms with Crippen LogP contribution in [-0.2, 0) is 16.1 Å². The molecule has 116 valence electrons. The maximum absolute atomic E-state index is 12.3. The number of carbonyl (C=O) groups is 2. The Hall–Kier alpha value is -1.59. The molecule has 2 amide bonds. The van der Waals surface area contributed by atoms with Crippen LogP contribution in [0.1, 0.15) is 24.6 Å². The highest BCUT2D eigenvalue weighted by Crippen LogP contribution is 2.35. The lowest BCUT2D eigenvalue weighted by Crippen LogP contribution is -2.44. The van der Waals surface area contributed by atoms with Gasteiger partial charge in [0.15, 0.2) is 0 Å². The third-order valence-corrected chi connectivity index (χ3v) is 5.70. The van der Waals surface area contributed by atoms with Crippen molar-refractivity contribution in [1.82, 2.24) is 10.2 Å². The van der Waals surface area contributed by atoms with Crippen LogP contribution in [0, 0.1) is 0 Å². The van der Waals surface area contributed by atoms with Crippen LogP contribution in [0.3, 0.4) is 0 Å². The first kappa shape index (κ1) is 15.3. The molecule has 1 aromatic carbocycles. The Kier molecular flexibility index (Phi) is 4.36. The number of fused-ring (bicyclic) bond motifs is 1. The monoisotopic (exact) mass is 336 g/mol. The molecular formula is C16H17ClN2O2S. The molecule has 0 spiro atoms. The second-order valence-corrected chi connectivity index (χ2v) is 6.94. The molecule has 1 aromatic heterocycles. The van der Waals surface area contributed by atoms with E-state index >= 15 is 0 Å². The van der Waals surface area contributed by atoms with Gasteiger partial charge in [0, 0.05) is 28.4 Å². The van der Waals surface area contributed by atoms with Crippen LogP contribution in [0.15, 0.2) is 24.3 Å². The summed E-state index contributed by atoms with van der Waals surface area (Å²) in [7, 11) is 0. The zero-order chi connectivity index (χ0) is 15.7. The molecular weight excluding hydrogens is 320 g/mol. The number of likely N-dealkylation sites (tertiary alicyclic amines) is 1. The number of hydrogen-bond acceptors (Lipinski definition) is 3. The molecule has 4 nitrogen and oxygen atoms in total. The minimum atomic E-state index is -0.342. The van der Waals surface area contributed by atoms with Gasteiger partial charge in [-0.3, -0.25) is 9.59 Å². The number of halogens is 1. The Balaban J connectivity index is 1.70. The zero-order valence-electron chi connectivity index (χ0n) is 12.3. The van der Waals surface area contributed by atoms with E-state index in [1.165, 1.54) is 6.92 Å². The van der Waals surface area contributed by atoms with E-state index in [4.69, 9.17) is 11.6 Å². The highest BCUT2D eigenvalue weighted by molar-refractivity contribution is 7.19. The van der Waals surface area contributed by atoms with Crippen LogP contribution in [-0.4, -0.2) is 29.3 Å². The molecule has 22 heavy (non-hydrogen) atoms. The van der Waals surface area contributed by atoms with E-state index in [2.05, 4.69) is 5.32 Å². The van der Waals surface area contributed by atoms with E-state index in [-0.39, 0.29) is 17.9 Å². The second kappa shape index (κ2) is 6.26. The average molecular weight is 337 g/mol. The summed E-state index contributed by atoms with van der Waals surface area (Å²) in [4.78, 5) is 26.4. The molecule has 0 radical (unpaired) electrons. The minimum Gasteiger partial charge on any atom is -0.349 e. The Labute approximate surface area is 138 Å². The summed E-state index contributed by atoms with van der Waals surface area (Å²) in [6, 6.07) is 7.58. The standard InChI is InChI=1S/C16H17ClN2O2S/c1-10(20)19-8-4-6-12(19)16(21)18-9-14-15(17)11-5-2-3-7-13(11)22-14/h2-3,5,7,12H,4,6,8-9H2,1H3,(H,18,21)/t12-/m0/s1. The van der Waals surface area contributed by atoms with E-state index in [1.54, 1.807) is 16.2 Å². The third-order valence-electron chi connectivity index (χ3n) is 3.98. The lowest BCUT2D eigenvalue weighted by atomic mass is 10.2. The van der Waals surface area contributed by atoms with Crippen molar-refractivity contribution in [2.45, 2.75) is 32.4 Å². The van der Waals surface area contributed by atoms with Crippen LogP contribution in [0.4, 0.5) is 0 Å². The van der Waals surface area contributed by atoms with Crippen molar-refractivity contribution in [3.63, 3.8) is 0 Å². The van der Waals surface area contributed by atoms with Crippen LogP contribution in [0.5, 0.6) is 0 Å². The van der Waals surface area contributed by atoms with Crippen molar-refractivity contribution < 1.29 is 9.59 Å². The van der Waals surface area contributed by atoms with Gasteiger partial charge in [0.05, 0.1) is 11.6 Å². The fraction of sp³-hybridized carbons (Fsp3) is 0.375. The van der Waals surface area contributed by atoms with E-state index in [1.807, 2.05) is 24.3 Å². The number of thiophene rings is 1. The summed E-state index contributed by atoms with van der Waals surface area (Å²) >= 11 is 7.96. The molecule has 1 atom stereocenters. The molecule has 2 aromatic rings. The lowest BCUT2D eigenvalue weighted by molar-refractivity contribution is -0.136. The van der Waals surface area contributed by atoms with Gasteiger partial charge in [-0.25, -0.2) is 0 Å². The van der Waals surface area contributed by atoms with Gasteiger partial charge < -0.3 is 10.2 Å². The topological polar surface area (TPSA) is 49.4 Å². The SMILES string of the molecule is CC(=O)N1CCC[C@H]1C(=O)NCc1sc2ccccc2c1Cl. The highest BCUT2D eigenvalue weighted by Gasteiger charge is 2.32. The molecule has 1 aliphatic heterocycles. The predicted molar refractivity (Wildman–Crippen MR) is 89.1 cm³/mol. The molecule has 0 bridgehead atoms. The number of nitrogens with one attached hydrogen (secondary N) is 1. The van der Waals surface area contributed by atoms with Gasteiger partial charge in [0.25, 0.3) is 0 Å². The van der Waals surface area contributed by atoms with Crippen LogP contribution >= 0.6 is 22.9 Å². The second-order valence-electron chi connectivity index (χ2n) is 5.42. The molecule has 2 heterocycles. The van der Waals surface area contributed by atoms with Gasteiger partial charge in [-0.2, -0.15) is 0 Å². The van der Waals surface area contributed by atoms with Crippen molar-refractivity contribution in [2.24, 2.45) is 0 Å². The van der Waals surface area contributed by atoms with E-state index in [9.17, 15) is 9.59 Å². The first-order chi connectivity index (χ1) is 10.6. The van der Waals surface area contributed by atoms with Gasteiger partial charge in [-0.05, 0) is 18.9 Å². The van der Waals surface area contributed by atoms with Gasteiger partial charge >= 0.3 is 0 Å². The summed E-state index contributed by atoms with van der Waals surface area (Å²) < 4.78 is 1.11. The van der Waals surface area contributed by atoms with E-state index < -0.39 is 0 Å². The van der Waals surface area contributed by atoms with Gasteiger partial charge in [0.1, 0.15) is 6.04 Å². The summed E-state index contributed by atoms with van der Waals surface area (Å²) in [6.45, 7) is 2.57. The molecule has 3 rings (SSSR count). The Morgan fingerprint density at radius 3 is 2.91 bits per heavy atom. The maximum Gasteiger partial charge on any atom is 0.243 e. The Morgan fingerprint density at radius 2 is 2.18 bits per heavy atom. The first-order valence-electron chi connectivity index (χ1n) is 7.28. The molecule has 0 unspecified atom stereocenters. The quantitative estimate of drug-likeness (QED) is 0.935. The maximum atomic E-state index is 12.3. The summed E-state index contributed by atoms with van der Waals surface area (Å²) in [5.41, 5.74) is 0. The summed E-state index contributed by atoms with van der Waals surface area (Å²) in [6.07, 6.45) is 1.60. The molecule has 1 fully saturated rings. The van der Waals surface area contributed by atoms with Crippen molar-refractivity contribution >= 4 is 44.8 Å². The van der Waals surface area contributed by atoms with Crippen LogP contribution in [0.2, 0.25) is 5.02 Å². The largest absolute Gasteiger partial charge is 0.349 e. The van der Waals surface area contributed by atoms with Crippen molar-refractivity contribution in [1.29, 1.82) is 0 Å². The van der Waals surface area contributed by atoms with E-state index in [0.717, 1.165) is 27.8 Å². The van der Waals surface area contributed by atoms with Gasteiger partial charge in [-0.15, -0.1) is 11.3 Å². The fourth-order valence-corrected chi connectivity index (χ4v) is 4.32. The number of benzene rings is 1. The van der Waals surface area contributed by atoms with Crippen molar-refractivity contribution in [2.75, 3.05) is 6.54 Å². The average Bonchev–Trinajstić information content (AvgIpc) is 3.11. The number of rotatable bonds is 3. The normalized spacial score (nSPS) is 17.9. The van der Waals surface area contributed by atoms with Crippen LogP contribution < -0.4 is 5.32 Å². The molecule has 6 heteroatoms. The molecule has 0 saturated carbocycles. The summed E-state index contributed by atoms with van der Waals surface area (Å²) in [5, 5.41) is 4.64. The number of carbonyl (C=O) groups excluding carboxylic acids is 2. The van der Waals surface area contributed by atoms with Crippen molar-refractivity contribution in [3.05, 3.63) is 34.2 Å². The smallest absolute Gasteiger partial charge is 0.243 e. The molecule has 1 aliphatic rings. The molecule has 0 aliphatic carbocycles. The van der Waals surface area contributed by atoms with Crippen LogP contribution in [0.25, 0.3) is 10.1 Å². The predicted octanol–water partition coefficient (Wildman–Crippen LogP) is 3.18. The summed E-state index contributed by atoms with van der Waals surface area (Å²) in [5.74, 6) is -0.140. The number of nitrogens with zero attached hydrogens (tertiary/aromatic N) is 1. The minimum absolute atomic E-state index is 0.0439. The van der Waals surface area contributed by atoms with E-state index in [0.29, 0.717) is 18.1 Å². The van der Waals surface area contributed by atoms with Gasteiger partial charge in [-0.1, -0.05) is 29.8 Å².